The van der Waals surface area contributed by atoms with E-state index in [-0.39, 0.29) is 29.8 Å². The van der Waals surface area contributed by atoms with E-state index in [1.165, 1.54) is 33.5 Å². The summed E-state index contributed by atoms with van der Waals surface area (Å²) >= 11 is 0. The van der Waals surface area contributed by atoms with Crippen LogP contribution >= 0.6 is 0 Å². The average molecular weight is 471 g/mol. The van der Waals surface area contributed by atoms with Gasteiger partial charge in [-0.3, -0.25) is 14.4 Å². The molecular formula is C24H30N4O6. The molecule has 1 saturated heterocycles. The van der Waals surface area contributed by atoms with E-state index < -0.39 is 5.91 Å². The maximum absolute atomic E-state index is 12.6. The van der Waals surface area contributed by atoms with Crippen LogP contribution in [0.3, 0.4) is 0 Å². The van der Waals surface area contributed by atoms with Crippen LogP contribution in [0.25, 0.3) is 0 Å². The van der Waals surface area contributed by atoms with Crippen molar-refractivity contribution in [2.24, 2.45) is 5.92 Å². The van der Waals surface area contributed by atoms with Gasteiger partial charge in [-0.2, -0.15) is 0 Å². The first-order valence-electron chi connectivity index (χ1n) is 11.0. The standard InChI is InChI=1S/C24H30N4O6/c1-15-5-6-20(25-13-15)27-24(31)16-7-9-28(10-8-16)21(29)14-26-23(30)17-11-18(32-2)22(34-4)19(12-17)33-3/h5-6,11-13,16H,7-10,14H2,1-4H3,(H,26,30)(H,25,27,31). The van der Waals surface area contributed by atoms with Crippen LogP contribution in [0.4, 0.5) is 5.82 Å². The van der Waals surface area contributed by atoms with E-state index in [4.69, 9.17) is 14.2 Å². The van der Waals surface area contributed by atoms with Crippen LogP contribution in [0.15, 0.2) is 30.5 Å². The number of anilines is 1. The second-order valence-corrected chi connectivity index (χ2v) is 7.96. The molecule has 0 bridgehead atoms. The molecule has 2 heterocycles. The van der Waals surface area contributed by atoms with Crippen molar-refractivity contribution < 1.29 is 28.6 Å². The predicted octanol–water partition coefficient (Wildman–Crippen LogP) is 2.02. The number of carbonyl (C=O) groups is 3. The van der Waals surface area contributed by atoms with Crippen molar-refractivity contribution in [3.63, 3.8) is 0 Å². The number of aromatic nitrogens is 1. The first-order chi connectivity index (χ1) is 16.4. The lowest BCUT2D eigenvalue weighted by Crippen LogP contribution is -2.45. The summed E-state index contributed by atoms with van der Waals surface area (Å²) in [5.41, 5.74) is 1.30. The number of hydrogen-bond donors (Lipinski definition) is 2. The van der Waals surface area contributed by atoms with E-state index >= 15 is 0 Å². The molecule has 0 atom stereocenters. The summed E-state index contributed by atoms with van der Waals surface area (Å²) < 4.78 is 15.8. The molecule has 1 aromatic heterocycles. The fourth-order valence-electron chi connectivity index (χ4n) is 3.74. The highest BCUT2D eigenvalue weighted by Crippen LogP contribution is 2.38. The number of rotatable bonds is 8. The molecule has 0 spiro atoms. The fourth-order valence-corrected chi connectivity index (χ4v) is 3.74. The Balaban J connectivity index is 1.50. The molecule has 0 unspecified atom stereocenters. The smallest absolute Gasteiger partial charge is 0.251 e. The number of benzene rings is 1. The maximum atomic E-state index is 12.6. The Morgan fingerprint density at radius 1 is 1.03 bits per heavy atom. The molecule has 1 aromatic carbocycles. The highest BCUT2D eigenvalue weighted by atomic mass is 16.5. The van der Waals surface area contributed by atoms with Crippen molar-refractivity contribution in [2.45, 2.75) is 19.8 Å². The second-order valence-electron chi connectivity index (χ2n) is 7.96. The van der Waals surface area contributed by atoms with Crippen molar-refractivity contribution in [3.05, 3.63) is 41.6 Å². The molecule has 0 radical (unpaired) electrons. The summed E-state index contributed by atoms with van der Waals surface area (Å²) in [6.07, 6.45) is 2.79. The van der Waals surface area contributed by atoms with Gasteiger partial charge in [0.25, 0.3) is 5.91 Å². The molecule has 0 aliphatic carbocycles. The minimum absolute atomic E-state index is 0.0980. The molecule has 10 nitrogen and oxygen atoms in total. The summed E-state index contributed by atoms with van der Waals surface area (Å²) in [4.78, 5) is 43.6. The van der Waals surface area contributed by atoms with Crippen LogP contribution in [0, 0.1) is 12.8 Å². The second kappa shape index (κ2) is 11.4. The third-order valence-electron chi connectivity index (χ3n) is 5.71. The Kier molecular flexibility index (Phi) is 8.29. The van der Waals surface area contributed by atoms with Gasteiger partial charge in [0.2, 0.25) is 17.6 Å². The van der Waals surface area contributed by atoms with Gasteiger partial charge in [0.05, 0.1) is 27.9 Å². The van der Waals surface area contributed by atoms with E-state index in [2.05, 4.69) is 15.6 Å². The van der Waals surface area contributed by atoms with Gasteiger partial charge < -0.3 is 29.7 Å². The van der Waals surface area contributed by atoms with Gasteiger partial charge in [-0.15, -0.1) is 0 Å². The van der Waals surface area contributed by atoms with Crippen LogP contribution in [-0.2, 0) is 9.59 Å². The number of aryl methyl sites for hydroxylation is 1. The van der Waals surface area contributed by atoms with Crippen molar-refractivity contribution in [2.75, 3.05) is 46.3 Å². The molecule has 2 N–H and O–H groups in total. The number of piperidine rings is 1. The van der Waals surface area contributed by atoms with Crippen molar-refractivity contribution in [1.29, 1.82) is 0 Å². The molecule has 2 aromatic rings. The number of ether oxygens (including phenoxy) is 3. The number of hydrogen-bond acceptors (Lipinski definition) is 7. The zero-order valence-corrected chi connectivity index (χ0v) is 19.8. The van der Waals surface area contributed by atoms with Gasteiger partial charge in [0.1, 0.15) is 5.82 Å². The highest BCUT2D eigenvalue weighted by Gasteiger charge is 2.28. The zero-order valence-electron chi connectivity index (χ0n) is 19.8. The summed E-state index contributed by atoms with van der Waals surface area (Å²) in [7, 11) is 4.40. The first kappa shape index (κ1) is 24.8. The fraction of sp³-hybridized carbons (Fsp3) is 0.417. The lowest BCUT2D eigenvalue weighted by Gasteiger charge is -2.31. The van der Waals surface area contributed by atoms with Crippen LogP contribution < -0.4 is 24.8 Å². The zero-order chi connectivity index (χ0) is 24.7. The molecule has 182 valence electrons. The molecule has 10 heteroatoms. The third kappa shape index (κ3) is 5.94. The van der Waals surface area contributed by atoms with E-state index in [0.29, 0.717) is 49.0 Å². The molecule has 1 aliphatic rings. The number of amides is 3. The van der Waals surface area contributed by atoms with Gasteiger partial charge in [-0.1, -0.05) is 6.07 Å². The Bertz CT molecular complexity index is 1010. The predicted molar refractivity (Wildman–Crippen MR) is 125 cm³/mol. The molecular weight excluding hydrogens is 440 g/mol. The Morgan fingerprint density at radius 3 is 2.21 bits per heavy atom. The van der Waals surface area contributed by atoms with E-state index in [1.54, 1.807) is 17.2 Å². The van der Waals surface area contributed by atoms with Gasteiger partial charge in [-0.05, 0) is 43.5 Å². The minimum Gasteiger partial charge on any atom is -0.493 e. The molecule has 34 heavy (non-hydrogen) atoms. The van der Waals surface area contributed by atoms with Gasteiger partial charge in [-0.25, -0.2) is 4.98 Å². The monoisotopic (exact) mass is 470 g/mol. The van der Waals surface area contributed by atoms with Crippen LogP contribution in [0.1, 0.15) is 28.8 Å². The van der Waals surface area contributed by atoms with E-state index in [9.17, 15) is 14.4 Å². The highest BCUT2D eigenvalue weighted by molar-refractivity contribution is 5.97. The van der Waals surface area contributed by atoms with E-state index in [1.807, 2.05) is 13.0 Å². The summed E-state index contributed by atoms with van der Waals surface area (Å²) in [6.45, 7) is 2.66. The summed E-state index contributed by atoms with van der Waals surface area (Å²) in [6, 6.07) is 6.70. The van der Waals surface area contributed by atoms with Gasteiger partial charge >= 0.3 is 0 Å². The minimum atomic E-state index is -0.438. The number of nitrogens with one attached hydrogen (secondary N) is 2. The lowest BCUT2D eigenvalue weighted by atomic mass is 9.96. The normalized spacial score (nSPS) is 13.7. The Morgan fingerprint density at radius 2 is 1.68 bits per heavy atom. The number of nitrogens with zero attached hydrogens (tertiary/aromatic N) is 2. The van der Waals surface area contributed by atoms with Crippen molar-refractivity contribution in [3.8, 4) is 17.2 Å². The maximum Gasteiger partial charge on any atom is 0.251 e. The first-order valence-corrected chi connectivity index (χ1v) is 11.0. The number of pyridine rings is 1. The number of methoxy groups -OCH3 is 3. The molecule has 0 saturated carbocycles. The SMILES string of the molecule is COc1cc(C(=O)NCC(=O)N2CCC(C(=O)Nc3ccc(C)cn3)CC2)cc(OC)c1OC. The molecule has 1 fully saturated rings. The molecule has 1 aliphatic heterocycles. The summed E-state index contributed by atoms with van der Waals surface area (Å²) in [5, 5.41) is 5.47. The Labute approximate surface area is 198 Å². The van der Waals surface area contributed by atoms with Crippen LogP contribution in [-0.4, -0.2) is 68.6 Å². The van der Waals surface area contributed by atoms with Crippen LogP contribution in [0.2, 0.25) is 0 Å². The molecule has 3 amide bonds. The number of likely N-dealkylation sites (tertiary alicyclic amines) is 1. The number of carbonyl (C=O) groups excluding carboxylic acids is 3. The Hall–Kier alpha value is -3.82. The summed E-state index contributed by atoms with van der Waals surface area (Å²) in [5.74, 6) is 0.651. The van der Waals surface area contributed by atoms with Crippen molar-refractivity contribution in [1.82, 2.24) is 15.2 Å². The quantitative estimate of drug-likeness (QED) is 0.606. The average Bonchev–Trinajstić information content (AvgIpc) is 2.87. The van der Waals surface area contributed by atoms with E-state index in [0.717, 1.165) is 5.56 Å². The van der Waals surface area contributed by atoms with Gasteiger partial charge in [0.15, 0.2) is 11.5 Å². The molecule has 3 rings (SSSR count). The lowest BCUT2D eigenvalue weighted by molar-refractivity contribution is -0.133. The largest absolute Gasteiger partial charge is 0.493 e. The van der Waals surface area contributed by atoms with Crippen LogP contribution in [0.5, 0.6) is 17.2 Å². The topological polar surface area (TPSA) is 119 Å². The van der Waals surface area contributed by atoms with Gasteiger partial charge in [0, 0.05) is 30.8 Å². The van der Waals surface area contributed by atoms with Crippen molar-refractivity contribution >= 4 is 23.5 Å². The third-order valence-corrected chi connectivity index (χ3v) is 5.71.